The molecule has 0 heterocycles. The predicted molar refractivity (Wildman–Crippen MR) is 64.6 cm³/mol. The topological polar surface area (TPSA) is 65.2 Å². The van der Waals surface area contributed by atoms with Gasteiger partial charge in [-0.1, -0.05) is 12.1 Å². The SMILES string of the molecule is OCc1cccc(N=Nc2ccc(O)cc2)c1. The molecule has 2 N–H and O–H groups in total. The van der Waals surface area contributed by atoms with Crippen LogP contribution in [0.4, 0.5) is 11.4 Å². The Labute approximate surface area is 98.9 Å². The van der Waals surface area contributed by atoms with Gasteiger partial charge in [-0.05, 0) is 42.0 Å². The summed E-state index contributed by atoms with van der Waals surface area (Å²) in [6.45, 7) is -0.0113. The highest BCUT2D eigenvalue weighted by atomic mass is 16.3. The first kappa shape index (κ1) is 11.3. The van der Waals surface area contributed by atoms with Crippen LogP contribution in [0.15, 0.2) is 58.8 Å². The molecular weight excluding hydrogens is 216 g/mol. The quantitative estimate of drug-likeness (QED) is 0.791. The van der Waals surface area contributed by atoms with Gasteiger partial charge in [-0.15, -0.1) is 0 Å². The van der Waals surface area contributed by atoms with Gasteiger partial charge >= 0.3 is 0 Å². The van der Waals surface area contributed by atoms with Crippen molar-refractivity contribution in [2.75, 3.05) is 0 Å². The van der Waals surface area contributed by atoms with Crippen LogP contribution in [-0.4, -0.2) is 10.2 Å². The molecule has 0 unspecified atom stereocenters. The van der Waals surface area contributed by atoms with Crippen LogP contribution < -0.4 is 0 Å². The Morgan fingerprint density at radius 2 is 1.59 bits per heavy atom. The largest absolute Gasteiger partial charge is 0.508 e. The number of aliphatic hydroxyl groups is 1. The minimum atomic E-state index is -0.0113. The van der Waals surface area contributed by atoms with E-state index >= 15 is 0 Å². The second-order valence-electron chi connectivity index (χ2n) is 3.54. The first-order chi connectivity index (χ1) is 8.28. The van der Waals surface area contributed by atoms with E-state index in [0.717, 1.165) is 5.56 Å². The third-order valence-electron chi connectivity index (χ3n) is 2.22. The lowest BCUT2D eigenvalue weighted by atomic mass is 10.2. The maximum atomic E-state index is 9.11. The molecule has 0 aromatic heterocycles. The van der Waals surface area contributed by atoms with Crippen LogP contribution >= 0.6 is 0 Å². The average Bonchev–Trinajstić information content (AvgIpc) is 2.38. The zero-order chi connectivity index (χ0) is 12.1. The Hall–Kier alpha value is -2.20. The minimum absolute atomic E-state index is 0.0113. The van der Waals surface area contributed by atoms with Crippen molar-refractivity contribution in [1.82, 2.24) is 0 Å². The second-order valence-corrected chi connectivity index (χ2v) is 3.54. The fourth-order valence-corrected chi connectivity index (χ4v) is 1.35. The molecular formula is C13H12N2O2. The molecule has 0 amide bonds. The standard InChI is InChI=1S/C13H12N2O2/c16-9-10-2-1-3-12(8-10)15-14-11-4-6-13(17)7-5-11/h1-8,16-17H,9H2. The third-order valence-corrected chi connectivity index (χ3v) is 2.22. The summed E-state index contributed by atoms with van der Waals surface area (Å²) in [6.07, 6.45) is 0. The first-order valence-electron chi connectivity index (χ1n) is 5.18. The zero-order valence-corrected chi connectivity index (χ0v) is 9.11. The van der Waals surface area contributed by atoms with Gasteiger partial charge in [-0.2, -0.15) is 10.2 Å². The van der Waals surface area contributed by atoms with Crippen molar-refractivity contribution in [2.24, 2.45) is 10.2 Å². The maximum absolute atomic E-state index is 9.11. The number of rotatable bonds is 3. The monoisotopic (exact) mass is 228 g/mol. The van der Waals surface area contributed by atoms with Crippen LogP contribution in [0.1, 0.15) is 5.56 Å². The highest BCUT2D eigenvalue weighted by Gasteiger charge is 1.94. The molecule has 0 aliphatic carbocycles. The average molecular weight is 228 g/mol. The highest BCUT2D eigenvalue weighted by Crippen LogP contribution is 2.21. The smallest absolute Gasteiger partial charge is 0.115 e. The molecule has 0 atom stereocenters. The van der Waals surface area contributed by atoms with E-state index in [4.69, 9.17) is 10.2 Å². The van der Waals surface area contributed by atoms with E-state index in [0.29, 0.717) is 11.4 Å². The summed E-state index contributed by atoms with van der Waals surface area (Å²) in [5.41, 5.74) is 2.15. The van der Waals surface area contributed by atoms with Crippen LogP contribution in [0.5, 0.6) is 5.75 Å². The molecule has 0 saturated carbocycles. The molecule has 17 heavy (non-hydrogen) atoms. The summed E-state index contributed by atoms with van der Waals surface area (Å²) in [4.78, 5) is 0. The van der Waals surface area contributed by atoms with Gasteiger partial charge in [0.1, 0.15) is 5.75 Å². The van der Waals surface area contributed by atoms with Crippen LogP contribution in [0.3, 0.4) is 0 Å². The van der Waals surface area contributed by atoms with E-state index in [1.165, 1.54) is 0 Å². The summed E-state index contributed by atoms with van der Waals surface area (Å²) in [5, 5.41) is 26.2. The molecule has 0 bridgehead atoms. The van der Waals surface area contributed by atoms with Gasteiger partial charge in [0, 0.05) is 0 Å². The van der Waals surface area contributed by atoms with Crippen molar-refractivity contribution in [1.29, 1.82) is 0 Å². The number of azo groups is 1. The first-order valence-corrected chi connectivity index (χ1v) is 5.18. The van der Waals surface area contributed by atoms with Gasteiger partial charge < -0.3 is 10.2 Å². The number of hydrogen-bond acceptors (Lipinski definition) is 4. The molecule has 0 aliphatic heterocycles. The number of phenols is 1. The molecule has 2 rings (SSSR count). The minimum Gasteiger partial charge on any atom is -0.508 e. The van der Waals surface area contributed by atoms with Crippen LogP contribution in [0.25, 0.3) is 0 Å². The molecule has 0 spiro atoms. The van der Waals surface area contributed by atoms with E-state index < -0.39 is 0 Å². The number of hydrogen-bond donors (Lipinski definition) is 2. The van der Waals surface area contributed by atoms with Gasteiger partial charge in [0.25, 0.3) is 0 Å². The molecule has 4 nitrogen and oxygen atoms in total. The molecule has 0 fully saturated rings. The fraction of sp³-hybridized carbons (Fsp3) is 0.0769. The summed E-state index contributed by atoms with van der Waals surface area (Å²) in [6, 6.07) is 13.7. The number of nitrogens with zero attached hydrogens (tertiary/aromatic N) is 2. The number of benzene rings is 2. The van der Waals surface area contributed by atoms with E-state index in [2.05, 4.69) is 10.2 Å². The van der Waals surface area contributed by atoms with Gasteiger partial charge in [-0.25, -0.2) is 0 Å². The maximum Gasteiger partial charge on any atom is 0.115 e. The molecule has 2 aromatic carbocycles. The molecule has 86 valence electrons. The zero-order valence-electron chi connectivity index (χ0n) is 9.11. The van der Waals surface area contributed by atoms with Gasteiger partial charge in [0.15, 0.2) is 0 Å². The molecule has 2 aromatic rings. The van der Waals surface area contributed by atoms with Crippen molar-refractivity contribution in [2.45, 2.75) is 6.61 Å². The van der Waals surface area contributed by atoms with Crippen molar-refractivity contribution < 1.29 is 10.2 Å². The van der Waals surface area contributed by atoms with Gasteiger partial charge in [0.2, 0.25) is 0 Å². The summed E-state index contributed by atoms with van der Waals surface area (Å²) in [7, 11) is 0. The second kappa shape index (κ2) is 5.23. The van der Waals surface area contributed by atoms with E-state index in [9.17, 15) is 0 Å². The highest BCUT2D eigenvalue weighted by molar-refractivity contribution is 5.43. The lowest BCUT2D eigenvalue weighted by molar-refractivity contribution is 0.282. The third kappa shape index (κ3) is 3.12. The van der Waals surface area contributed by atoms with Crippen molar-refractivity contribution in [3.63, 3.8) is 0 Å². The van der Waals surface area contributed by atoms with Crippen LogP contribution in [0, 0.1) is 0 Å². The lowest BCUT2D eigenvalue weighted by Gasteiger charge is -1.97. The van der Waals surface area contributed by atoms with E-state index in [1.807, 2.05) is 18.2 Å². The predicted octanol–water partition coefficient (Wildman–Crippen LogP) is 3.30. The Balaban J connectivity index is 2.16. The van der Waals surface area contributed by atoms with Gasteiger partial charge in [-0.3, -0.25) is 0 Å². The van der Waals surface area contributed by atoms with E-state index in [-0.39, 0.29) is 12.4 Å². The van der Waals surface area contributed by atoms with E-state index in [1.54, 1.807) is 30.3 Å². The van der Waals surface area contributed by atoms with Crippen molar-refractivity contribution in [3.8, 4) is 5.75 Å². The summed E-state index contributed by atoms with van der Waals surface area (Å²) >= 11 is 0. The Morgan fingerprint density at radius 1 is 0.882 bits per heavy atom. The van der Waals surface area contributed by atoms with Crippen molar-refractivity contribution >= 4 is 11.4 Å². The fourth-order valence-electron chi connectivity index (χ4n) is 1.35. The molecule has 0 saturated heterocycles. The van der Waals surface area contributed by atoms with Crippen molar-refractivity contribution in [3.05, 3.63) is 54.1 Å². The Kier molecular flexibility index (Phi) is 3.47. The molecule has 0 aliphatic rings. The Morgan fingerprint density at radius 3 is 2.29 bits per heavy atom. The normalized spacial score (nSPS) is 10.9. The Bertz CT molecular complexity index is 521. The van der Waals surface area contributed by atoms with Crippen LogP contribution in [-0.2, 0) is 6.61 Å². The van der Waals surface area contributed by atoms with Crippen LogP contribution in [0.2, 0.25) is 0 Å². The number of aromatic hydroxyl groups is 1. The summed E-state index contributed by atoms with van der Waals surface area (Å²) in [5.74, 6) is 0.200. The number of aliphatic hydroxyl groups excluding tert-OH is 1. The molecule has 4 heteroatoms. The molecule has 0 radical (unpaired) electrons. The van der Waals surface area contributed by atoms with Gasteiger partial charge in [0.05, 0.1) is 18.0 Å². The number of phenolic OH excluding ortho intramolecular Hbond substituents is 1. The summed E-state index contributed by atoms with van der Waals surface area (Å²) < 4.78 is 0. The lowest BCUT2D eigenvalue weighted by Crippen LogP contribution is -1.79.